The Bertz CT molecular complexity index is 317. The molecule has 2 aliphatic rings. The van der Waals surface area contributed by atoms with Crippen molar-refractivity contribution < 1.29 is 4.79 Å². The third-order valence-corrected chi connectivity index (χ3v) is 5.16. The highest BCUT2D eigenvalue weighted by atomic mass is 16.2. The Balaban J connectivity index is 1.97. The summed E-state index contributed by atoms with van der Waals surface area (Å²) in [6, 6.07) is 0.359. The number of fused-ring (bicyclic) bond motifs is 1. The van der Waals surface area contributed by atoms with Crippen LogP contribution in [0.3, 0.4) is 0 Å². The molecule has 2 N–H and O–H groups in total. The molecule has 4 nitrogen and oxygen atoms in total. The van der Waals surface area contributed by atoms with Gasteiger partial charge in [-0.05, 0) is 45.4 Å². The van der Waals surface area contributed by atoms with Crippen LogP contribution in [0.25, 0.3) is 0 Å². The minimum absolute atomic E-state index is 0.0118. The molecule has 0 bridgehead atoms. The van der Waals surface area contributed by atoms with Crippen LogP contribution in [0.5, 0.6) is 0 Å². The monoisotopic (exact) mass is 267 g/mol. The molecule has 110 valence electrons. The molecule has 1 aliphatic carbocycles. The summed E-state index contributed by atoms with van der Waals surface area (Å²) in [5, 5.41) is 0. The van der Waals surface area contributed by atoms with Crippen molar-refractivity contribution in [2.45, 2.75) is 52.1 Å². The second kappa shape index (κ2) is 6.23. The first-order valence-corrected chi connectivity index (χ1v) is 7.86. The van der Waals surface area contributed by atoms with Gasteiger partial charge in [-0.25, -0.2) is 0 Å². The predicted molar refractivity (Wildman–Crippen MR) is 77.8 cm³/mol. The van der Waals surface area contributed by atoms with Crippen LogP contribution in [0.1, 0.15) is 40.0 Å². The SMILES string of the molecule is CCN(CC)C(=O)C(C)N1CC2CCCC(N)C2C1. The van der Waals surface area contributed by atoms with Crippen LogP contribution >= 0.6 is 0 Å². The van der Waals surface area contributed by atoms with E-state index >= 15 is 0 Å². The van der Waals surface area contributed by atoms with Gasteiger partial charge in [0.25, 0.3) is 0 Å². The van der Waals surface area contributed by atoms with E-state index in [0.29, 0.717) is 12.0 Å². The number of rotatable bonds is 4. The quantitative estimate of drug-likeness (QED) is 0.835. The average Bonchev–Trinajstić information content (AvgIpc) is 2.84. The molecule has 4 atom stereocenters. The lowest BCUT2D eigenvalue weighted by Gasteiger charge is -2.30. The molecule has 2 fully saturated rings. The highest BCUT2D eigenvalue weighted by Crippen LogP contribution is 2.36. The lowest BCUT2D eigenvalue weighted by atomic mass is 9.78. The van der Waals surface area contributed by atoms with Crippen molar-refractivity contribution >= 4 is 5.91 Å². The Hall–Kier alpha value is -0.610. The summed E-state index contributed by atoms with van der Waals surface area (Å²) in [6.45, 7) is 9.84. The van der Waals surface area contributed by atoms with Crippen molar-refractivity contribution in [3.05, 3.63) is 0 Å². The van der Waals surface area contributed by atoms with Gasteiger partial charge in [-0.2, -0.15) is 0 Å². The summed E-state index contributed by atoms with van der Waals surface area (Å²) in [6.07, 6.45) is 3.71. The number of likely N-dealkylation sites (tertiary alicyclic amines) is 1. The van der Waals surface area contributed by atoms with Gasteiger partial charge in [0.15, 0.2) is 0 Å². The average molecular weight is 267 g/mol. The van der Waals surface area contributed by atoms with Gasteiger partial charge < -0.3 is 10.6 Å². The minimum atomic E-state index is 0.0118. The van der Waals surface area contributed by atoms with Gasteiger partial charge in [0.1, 0.15) is 0 Å². The molecule has 1 amide bonds. The first kappa shape index (κ1) is 14.8. The van der Waals surface area contributed by atoms with Gasteiger partial charge in [-0.3, -0.25) is 9.69 Å². The molecule has 1 saturated heterocycles. The fraction of sp³-hybridized carbons (Fsp3) is 0.933. The van der Waals surface area contributed by atoms with Gasteiger partial charge in [-0.15, -0.1) is 0 Å². The lowest BCUT2D eigenvalue weighted by Crippen LogP contribution is -2.46. The first-order chi connectivity index (χ1) is 9.08. The number of amides is 1. The second-order valence-electron chi connectivity index (χ2n) is 6.16. The summed E-state index contributed by atoms with van der Waals surface area (Å²) in [7, 11) is 0. The van der Waals surface area contributed by atoms with Crippen LogP contribution in [0.2, 0.25) is 0 Å². The molecule has 0 aromatic carbocycles. The molecule has 2 rings (SSSR count). The van der Waals surface area contributed by atoms with E-state index in [1.54, 1.807) is 0 Å². The Kier molecular flexibility index (Phi) is 4.85. The first-order valence-electron chi connectivity index (χ1n) is 7.86. The molecule has 0 aromatic heterocycles. The van der Waals surface area contributed by atoms with E-state index in [2.05, 4.69) is 11.8 Å². The maximum atomic E-state index is 12.4. The summed E-state index contributed by atoms with van der Waals surface area (Å²) in [4.78, 5) is 16.7. The number of carbonyl (C=O) groups excluding carboxylic acids is 1. The molecule has 19 heavy (non-hydrogen) atoms. The van der Waals surface area contributed by atoms with Crippen LogP contribution in [-0.4, -0.2) is 54.0 Å². The van der Waals surface area contributed by atoms with Gasteiger partial charge in [0.05, 0.1) is 6.04 Å². The van der Waals surface area contributed by atoms with Gasteiger partial charge in [0, 0.05) is 32.2 Å². The predicted octanol–water partition coefficient (Wildman–Crippen LogP) is 1.30. The maximum Gasteiger partial charge on any atom is 0.239 e. The molecular formula is C15H29N3O. The molecule has 4 unspecified atom stereocenters. The van der Waals surface area contributed by atoms with Gasteiger partial charge in [0.2, 0.25) is 5.91 Å². The van der Waals surface area contributed by atoms with E-state index in [-0.39, 0.29) is 11.9 Å². The van der Waals surface area contributed by atoms with Crippen molar-refractivity contribution in [3.8, 4) is 0 Å². The van der Waals surface area contributed by atoms with E-state index < -0.39 is 0 Å². The van der Waals surface area contributed by atoms with E-state index in [4.69, 9.17) is 5.73 Å². The number of nitrogens with zero attached hydrogens (tertiary/aromatic N) is 2. The number of hydrogen-bond acceptors (Lipinski definition) is 3. The molecule has 4 heteroatoms. The number of likely N-dealkylation sites (N-methyl/N-ethyl adjacent to an activating group) is 1. The summed E-state index contributed by atoms with van der Waals surface area (Å²) < 4.78 is 0. The van der Waals surface area contributed by atoms with Crippen molar-refractivity contribution in [2.75, 3.05) is 26.2 Å². The normalized spacial score (nSPS) is 32.9. The molecular weight excluding hydrogens is 238 g/mol. The zero-order valence-corrected chi connectivity index (χ0v) is 12.6. The van der Waals surface area contributed by atoms with Crippen molar-refractivity contribution in [2.24, 2.45) is 17.6 Å². The third kappa shape index (κ3) is 2.95. The number of carbonyl (C=O) groups is 1. The molecule has 1 aliphatic heterocycles. The van der Waals surface area contributed by atoms with Crippen LogP contribution in [0.4, 0.5) is 0 Å². The highest BCUT2D eigenvalue weighted by Gasteiger charge is 2.41. The van der Waals surface area contributed by atoms with Crippen molar-refractivity contribution in [3.63, 3.8) is 0 Å². The molecule has 0 radical (unpaired) electrons. The molecule has 1 saturated carbocycles. The van der Waals surface area contributed by atoms with E-state index in [1.165, 1.54) is 12.8 Å². The Morgan fingerprint density at radius 1 is 1.32 bits per heavy atom. The Labute approximate surface area is 117 Å². The minimum Gasteiger partial charge on any atom is -0.342 e. The third-order valence-electron chi connectivity index (χ3n) is 5.16. The van der Waals surface area contributed by atoms with Crippen molar-refractivity contribution in [1.29, 1.82) is 0 Å². The zero-order chi connectivity index (χ0) is 14.0. The summed E-state index contributed by atoms with van der Waals surface area (Å²) in [5.41, 5.74) is 6.25. The smallest absolute Gasteiger partial charge is 0.239 e. The lowest BCUT2D eigenvalue weighted by molar-refractivity contribution is -0.135. The highest BCUT2D eigenvalue weighted by molar-refractivity contribution is 5.81. The van der Waals surface area contributed by atoms with E-state index in [9.17, 15) is 4.79 Å². The van der Waals surface area contributed by atoms with Crippen LogP contribution in [0.15, 0.2) is 0 Å². The largest absolute Gasteiger partial charge is 0.342 e. The molecule has 0 aromatic rings. The number of nitrogens with two attached hydrogens (primary N) is 1. The van der Waals surface area contributed by atoms with Crippen LogP contribution in [0, 0.1) is 11.8 Å². The van der Waals surface area contributed by atoms with Crippen LogP contribution in [-0.2, 0) is 4.79 Å². The van der Waals surface area contributed by atoms with Crippen molar-refractivity contribution in [1.82, 2.24) is 9.80 Å². The number of hydrogen-bond donors (Lipinski definition) is 1. The Morgan fingerprint density at radius 2 is 2.00 bits per heavy atom. The maximum absolute atomic E-state index is 12.4. The standard InChI is InChI=1S/C15H29N3O/c1-4-17(5-2)15(19)11(3)18-9-12-7-6-8-14(16)13(12)10-18/h11-14H,4-10,16H2,1-3H3. The molecule has 0 spiro atoms. The van der Waals surface area contributed by atoms with Crippen LogP contribution < -0.4 is 5.73 Å². The van der Waals surface area contributed by atoms with Gasteiger partial charge in [-0.1, -0.05) is 6.42 Å². The fourth-order valence-electron chi connectivity index (χ4n) is 3.82. The topological polar surface area (TPSA) is 49.6 Å². The summed E-state index contributed by atoms with van der Waals surface area (Å²) >= 11 is 0. The van der Waals surface area contributed by atoms with E-state index in [0.717, 1.165) is 38.5 Å². The Morgan fingerprint density at radius 3 is 2.58 bits per heavy atom. The summed E-state index contributed by atoms with van der Waals surface area (Å²) in [5.74, 6) is 1.61. The van der Waals surface area contributed by atoms with E-state index in [1.807, 2.05) is 18.7 Å². The molecule has 1 heterocycles. The zero-order valence-electron chi connectivity index (χ0n) is 12.6. The van der Waals surface area contributed by atoms with Gasteiger partial charge >= 0.3 is 0 Å². The fourth-order valence-corrected chi connectivity index (χ4v) is 3.82. The second-order valence-corrected chi connectivity index (χ2v) is 6.16.